The van der Waals surface area contributed by atoms with Gasteiger partial charge in [0.15, 0.2) is 5.82 Å². The van der Waals surface area contributed by atoms with Crippen molar-refractivity contribution in [1.29, 1.82) is 0 Å². The SMILES string of the molecule is CC(C)(C)OC(=O)N1C[C@H](F)C[C@H]1C(=O)Nc1cncc(Br)n1. The molecule has 2 atom stereocenters. The molecule has 7 nitrogen and oxygen atoms in total. The molecular formula is C14H18BrFN4O3. The number of alkyl halides is 1. The van der Waals surface area contributed by atoms with Gasteiger partial charge >= 0.3 is 6.09 Å². The van der Waals surface area contributed by atoms with Crippen LogP contribution in [0.4, 0.5) is 15.0 Å². The number of nitrogens with one attached hydrogen (secondary N) is 1. The maximum absolute atomic E-state index is 13.7. The second-order valence-electron chi connectivity index (χ2n) is 6.20. The van der Waals surface area contributed by atoms with E-state index in [1.807, 2.05) is 0 Å². The average molecular weight is 389 g/mol. The summed E-state index contributed by atoms with van der Waals surface area (Å²) < 4.78 is 19.4. The summed E-state index contributed by atoms with van der Waals surface area (Å²) in [4.78, 5) is 33.5. The van der Waals surface area contributed by atoms with Gasteiger partial charge in [0.2, 0.25) is 5.91 Å². The topological polar surface area (TPSA) is 84.4 Å². The van der Waals surface area contributed by atoms with Gasteiger partial charge < -0.3 is 10.1 Å². The monoisotopic (exact) mass is 388 g/mol. The number of halogens is 2. The van der Waals surface area contributed by atoms with Crippen LogP contribution in [0.5, 0.6) is 0 Å². The minimum atomic E-state index is -1.27. The van der Waals surface area contributed by atoms with E-state index in [1.54, 1.807) is 20.8 Å². The standard InChI is InChI=1S/C14H18BrFN4O3/c1-14(2,3)23-13(22)20-7-8(16)4-9(20)12(21)19-11-6-17-5-10(15)18-11/h5-6,8-9H,4,7H2,1-3H3,(H,18,19,21)/t8-,9+/m1/s1. The van der Waals surface area contributed by atoms with Crippen LogP contribution >= 0.6 is 15.9 Å². The number of hydrogen-bond donors (Lipinski definition) is 1. The van der Waals surface area contributed by atoms with Crippen molar-refractivity contribution >= 4 is 33.7 Å². The van der Waals surface area contributed by atoms with Crippen molar-refractivity contribution in [2.75, 3.05) is 11.9 Å². The predicted molar refractivity (Wildman–Crippen MR) is 84.6 cm³/mol. The molecule has 1 N–H and O–H groups in total. The van der Waals surface area contributed by atoms with Crippen molar-refractivity contribution in [2.45, 2.75) is 45.0 Å². The molecule has 2 heterocycles. The Morgan fingerprint density at radius 3 is 2.74 bits per heavy atom. The lowest BCUT2D eigenvalue weighted by molar-refractivity contribution is -0.120. The van der Waals surface area contributed by atoms with Gasteiger partial charge in [0.25, 0.3) is 0 Å². The normalized spacial score (nSPS) is 21.2. The van der Waals surface area contributed by atoms with Crippen LogP contribution in [0.15, 0.2) is 17.0 Å². The molecule has 0 saturated carbocycles. The highest BCUT2D eigenvalue weighted by Crippen LogP contribution is 2.24. The van der Waals surface area contributed by atoms with E-state index >= 15 is 0 Å². The first-order chi connectivity index (χ1) is 10.7. The smallest absolute Gasteiger partial charge is 0.411 e. The molecule has 1 aromatic rings. The lowest BCUT2D eigenvalue weighted by atomic mass is 10.2. The molecule has 1 aromatic heterocycles. The van der Waals surface area contributed by atoms with E-state index < -0.39 is 29.8 Å². The van der Waals surface area contributed by atoms with Crippen molar-refractivity contribution in [1.82, 2.24) is 14.9 Å². The van der Waals surface area contributed by atoms with Gasteiger partial charge in [-0.25, -0.2) is 14.2 Å². The molecule has 0 unspecified atom stereocenters. The Bertz CT molecular complexity index is 608. The zero-order valence-electron chi connectivity index (χ0n) is 13.0. The highest BCUT2D eigenvalue weighted by atomic mass is 79.9. The number of carbonyl (C=O) groups excluding carboxylic acids is 2. The summed E-state index contributed by atoms with van der Waals surface area (Å²) in [6.07, 6.45) is 0.773. The Labute approximate surface area is 141 Å². The Morgan fingerprint density at radius 1 is 1.43 bits per heavy atom. The number of aromatic nitrogens is 2. The highest BCUT2D eigenvalue weighted by molar-refractivity contribution is 9.10. The van der Waals surface area contributed by atoms with Crippen molar-refractivity contribution in [2.24, 2.45) is 0 Å². The molecule has 9 heteroatoms. The van der Waals surface area contributed by atoms with Crippen LogP contribution in [0.3, 0.4) is 0 Å². The number of anilines is 1. The van der Waals surface area contributed by atoms with Gasteiger partial charge in [-0.3, -0.25) is 14.7 Å². The van der Waals surface area contributed by atoms with Crippen LogP contribution < -0.4 is 5.32 Å². The summed E-state index contributed by atoms with van der Waals surface area (Å²) in [5.41, 5.74) is -0.720. The summed E-state index contributed by atoms with van der Waals surface area (Å²) in [5, 5.41) is 2.53. The van der Waals surface area contributed by atoms with Gasteiger partial charge in [-0.2, -0.15) is 0 Å². The van der Waals surface area contributed by atoms with Gasteiger partial charge in [0.05, 0.1) is 18.9 Å². The zero-order chi connectivity index (χ0) is 17.2. The number of nitrogens with zero attached hydrogens (tertiary/aromatic N) is 3. The number of rotatable bonds is 2. The maximum atomic E-state index is 13.7. The third kappa shape index (κ3) is 4.85. The Balaban J connectivity index is 2.09. The molecule has 1 saturated heterocycles. The summed E-state index contributed by atoms with van der Waals surface area (Å²) in [6, 6.07) is -0.944. The minimum absolute atomic E-state index is 0.0769. The van der Waals surface area contributed by atoms with Crippen molar-refractivity contribution in [3.63, 3.8) is 0 Å². The molecule has 0 radical (unpaired) electrons. The van der Waals surface area contributed by atoms with Crippen LogP contribution in [0.25, 0.3) is 0 Å². The molecule has 0 spiro atoms. The third-order valence-corrected chi connectivity index (χ3v) is 3.42. The van der Waals surface area contributed by atoms with E-state index in [1.165, 1.54) is 12.4 Å². The number of hydrogen-bond acceptors (Lipinski definition) is 5. The lowest BCUT2D eigenvalue weighted by Crippen LogP contribution is -2.45. The van der Waals surface area contributed by atoms with Gasteiger partial charge in [0, 0.05) is 6.42 Å². The quantitative estimate of drug-likeness (QED) is 0.841. The second-order valence-corrected chi connectivity index (χ2v) is 7.01. The van der Waals surface area contributed by atoms with Crippen LogP contribution in [-0.4, -0.2) is 51.2 Å². The molecule has 0 bridgehead atoms. The van der Waals surface area contributed by atoms with Gasteiger partial charge in [0.1, 0.15) is 22.4 Å². The largest absolute Gasteiger partial charge is 0.444 e. The number of carbonyl (C=O) groups is 2. The lowest BCUT2D eigenvalue weighted by Gasteiger charge is -2.27. The third-order valence-electron chi connectivity index (χ3n) is 3.04. The van der Waals surface area contributed by atoms with Crippen LogP contribution in [0.1, 0.15) is 27.2 Å². The maximum Gasteiger partial charge on any atom is 0.411 e. The molecular weight excluding hydrogens is 371 g/mol. The molecule has 2 amide bonds. The van der Waals surface area contributed by atoms with Gasteiger partial charge in [-0.15, -0.1) is 0 Å². The minimum Gasteiger partial charge on any atom is -0.444 e. The fourth-order valence-corrected chi connectivity index (χ4v) is 2.48. The van der Waals surface area contributed by atoms with Crippen molar-refractivity contribution in [3.05, 3.63) is 17.0 Å². The molecule has 1 aliphatic heterocycles. The summed E-state index contributed by atoms with van der Waals surface area (Å²) in [6.45, 7) is 4.96. The molecule has 1 fully saturated rings. The zero-order valence-corrected chi connectivity index (χ0v) is 14.6. The summed E-state index contributed by atoms with van der Waals surface area (Å²) in [7, 11) is 0. The fourth-order valence-electron chi connectivity index (χ4n) is 2.17. The summed E-state index contributed by atoms with van der Waals surface area (Å²) >= 11 is 3.14. The number of likely N-dealkylation sites (tertiary alicyclic amines) is 1. The van der Waals surface area contributed by atoms with Gasteiger partial charge in [-0.05, 0) is 36.7 Å². The first-order valence-corrected chi connectivity index (χ1v) is 7.87. The average Bonchev–Trinajstić information content (AvgIpc) is 2.79. The van der Waals surface area contributed by atoms with Crippen LogP contribution in [-0.2, 0) is 9.53 Å². The van der Waals surface area contributed by atoms with Crippen LogP contribution in [0.2, 0.25) is 0 Å². The molecule has 126 valence electrons. The second kappa shape index (κ2) is 6.77. The molecule has 2 rings (SSSR count). The van der Waals surface area contributed by atoms with E-state index in [0.717, 1.165) is 4.90 Å². The van der Waals surface area contributed by atoms with Crippen LogP contribution in [0, 0.1) is 0 Å². The molecule has 1 aliphatic rings. The fraction of sp³-hybridized carbons (Fsp3) is 0.571. The molecule has 23 heavy (non-hydrogen) atoms. The first-order valence-electron chi connectivity index (χ1n) is 7.08. The van der Waals surface area contributed by atoms with E-state index in [2.05, 4.69) is 31.2 Å². The van der Waals surface area contributed by atoms with E-state index in [4.69, 9.17) is 4.74 Å². The molecule has 0 aliphatic carbocycles. The number of ether oxygens (including phenoxy) is 1. The van der Waals surface area contributed by atoms with E-state index in [-0.39, 0.29) is 18.8 Å². The Morgan fingerprint density at radius 2 is 2.13 bits per heavy atom. The Kier molecular flexibility index (Phi) is 5.18. The number of amides is 2. The first kappa shape index (κ1) is 17.6. The molecule has 0 aromatic carbocycles. The van der Waals surface area contributed by atoms with Crippen molar-refractivity contribution in [3.8, 4) is 0 Å². The summed E-state index contributed by atoms with van der Waals surface area (Å²) in [5.74, 6) is -0.306. The Hall–Kier alpha value is -1.77. The van der Waals surface area contributed by atoms with E-state index in [0.29, 0.717) is 4.60 Å². The predicted octanol–water partition coefficient (Wildman–Crippen LogP) is 2.53. The van der Waals surface area contributed by atoms with E-state index in [9.17, 15) is 14.0 Å². The highest BCUT2D eigenvalue weighted by Gasteiger charge is 2.41. The van der Waals surface area contributed by atoms with Gasteiger partial charge in [-0.1, -0.05) is 0 Å². The van der Waals surface area contributed by atoms with Crippen molar-refractivity contribution < 1.29 is 18.7 Å².